The number of H-pyrrole nitrogens is 1. The van der Waals surface area contributed by atoms with Gasteiger partial charge in [-0.25, -0.2) is 4.79 Å². The van der Waals surface area contributed by atoms with Crippen molar-refractivity contribution in [3.63, 3.8) is 0 Å². The minimum atomic E-state index is -0.415. The maximum absolute atomic E-state index is 11.3. The third-order valence-electron chi connectivity index (χ3n) is 2.30. The number of ether oxygens (including phenoxy) is 1. The summed E-state index contributed by atoms with van der Waals surface area (Å²) < 4.78 is 4.62. The predicted molar refractivity (Wildman–Crippen MR) is 62.6 cm³/mol. The van der Waals surface area contributed by atoms with Crippen LogP contribution in [0.5, 0.6) is 0 Å². The van der Waals surface area contributed by atoms with E-state index < -0.39 is 5.97 Å². The van der Waals surface area contributed by atoms with Gasteiger partial charge in [0.15, 0.2) is 6.29 Å². The van der Waals surface area contributed by atoms with Gasteiger partial charge in [0.25, 0.3) is 0 Å². The third kappa shape index (κ3) is 2.18. The molecule has 4 heteroatoms. The average molecular weight is 227 g/mol. The predicted octanol–water partition coefficient (Wildman–Crippen LogP) is 1.50. The van der Waals surface area contributed by atoms with Crippen LogP contribution < -0.4 is 0 Å². The highest BCUT2D eigenvalue weighted by atomic mass is 16.5. The summed E-state index contributed by atoms with van der Waals surface area (Å²) >= 11 is 0. The number of aldehydes is 1. The van der Waals surface area contributed by atoms with E-state index in [1.54, 1.807) is 18.2 Å². The number of benzene rings is 1. The summed E-state index contributed by atoms with van der Waals surface area (Å²) in [5.74, 6) is 4.60. The highest BCUT2D eigenvalue weighted by Crippen LogP contribution is 2.17. The zero-order valence-electron chi connectivity index (χ0n) is 9.11. The molecule has 1 heterocycles. The molecule has 2 aromatic rings. The van der Waals surface area contributed by atoms with E-state index in [1.807, 2.05) is 6.07 Å². The Morgan fingerprint density at radius 1 is 1.41 bits per heavy atom. The fraction of sp³-hybridized carbons (Fsp3) is 0.0769. The first-order valence-corrected chi connectivity index (χ1v) is 4.91. The Kier molecular flexibility index (Phi) is 2.93. The molecule has 0 saturated carbocycles. The van der Waals surface area contributed by atoms with Gasteiger partial charge in [-0.15, -0.1) is 0 Å². The molecule has 0 unspecified atom stereocenters. The quantitative estimate of drug-likeness (QED) is 0.456. The zero-order valence-corrected chi connectivity index (χ0v) is 9.11. The largest absolute Gasteiger partial charge is 0.464 e. The lowest BCUT2D eigenvalue weighted by molar-refractivity contribution is -0.103. The number of aromatic nitrogens is 1. The molecule has 0 amide bonds. The first-order valence-electron chi connectivity index (χ1n) is 4.91. The van der Waals surface area contributed by atoms with Crippen LogP contribution in [0.1, 0.15) is 16.1 Å². The van der Waals surface area contributed by atoms with Gasteiger partial charge < -0.3 is 9.72 Å². The van der Waals surface area contributed by atoms with Gasteiger partial charge in [0.1, 0.15) is 5.69 Å². The van der Waals surface area contributed by atoms with Gasteiger partial charge in [-0.05, 0) is 24.1 Å². The normalized spacial score (nSPS) is 9.47. The highest BCUT2D eigenvalue weighted by molar-refractivity contribution is 5.95. The van der Waals surface area contributed by atoms with Gasteiger partial charge in [0, 0.05) is 16.5 Å². The van der Waals surface area contributed by atoms with E-state index in [-0.39, 0.29) is 0 Å². The maximum Gasteiger partial charge on any atom is 0.354 e. The molecule has 0 spiro atoms. The first-order chi connectivity index (χ1) is 8.24. The van der Waals surface area contributed by atoms with Crippen molar-refractivity contribution < 1.29 is 14.3 Å². The second-order valence-electron chi connectivity index (χ2n) is 3.36. The van der Waals surface area contributed by atoms with E-state index in [1.165, 1.54) is 7.11 Å². The molecule has 0 aliphatic heterocycles. The Hall–Kier alpha value is -2.54. The maximum atomic E-state index is 11.3. The van der Waals surface area contributed by atoms with Crippen LogP contribution in [-0.4, -0.2) is 24.3 Å². The average Bonchev–Trinajstić information content (AvgIpc) is 2.78. The van der Waals surface area contributed by atoms with Gasteiger partial charge in [-0.2, -0.15) is 0 Å². The molecule has 0 radical (unpaired) electrons. The lowest BCUT2D eigenvalue weighted by Gasteiger charge is -1.92. The third-order valence-corrected chi connectivity index (χ3v) is 2.30. The molecule has 0 aliphatic rings. The number of nitrogens with one attached hydrogen (secondary N) is 1. The Balaban J connectivity index is 2.47. The van der Waals surface area contributed by atoms with E-state index in [2.05, 4.69) is 21.6 Å². The fourth-order valence-corrected chi connectivity index (χ4v) is 1.54. The van der Waals surface area contributed by atoms with Crippen molar-refractivity contribution in [1.29, 1.82) is 0 Å². The number of esters is 1. The van der Waals surface area contributed by atoms with Crippen molar-refractivity contribution in [2.24, 2.45) is 0 Å². The standard InChI is InChI=1S/C13H9NO3/c1-17-13(16)12-8-10-5-4-9(3-2-6-15)7-11(10)14-12/h4-8,14H,1H3. The first kappa shape index (κ1) is 11.0. The van der Waals surface area contributed by atoms with Gasteiger partial charge in [0.05, 0.1) is 7.11 Å². The molecule has 1 N–H and O–H groups in total. The number of methoxy groups -OCH3 is 1. The van der Waals surface area contributed by atoms with Crippen molar-refractivity contribution in [3.8, 4) is 11.8 Å². The molecular formula is C13H9NO3. The van der Waals surface area contributed by atoms with Gasteiger partial charge in [0.2, 0.25) is 0 Å². The van der Waals surface area contributed by atoms with Crippen molar-refractivity contribution in [3.05, 3.63) is 35.5 Å². The van der Waals surface area contributed by atoms with E-state index in [0.717, 1.165) is 10.9 Å². The number of carbonyl (C=O) groups is 2. The molecule has 2 rings (SSSR count). The molecular weight excluding hydrogens is 218 g/mol. The number of rotatable bonds is 1. The molecule has 4 nitrogen and oxygen atoms in total. The van der Waals surface area contributed by atoms with Crippen molar-refractivity contribution >= 4 is 23.2 Å². The van der Waals surface area contributed by atoms with Crippen molar-refractivity contribution in [1.82, 2.24) is 4.98 Å². The summed E-state index contributed by atoms with van der Waals surface area (Å²) in [4.78, 5) is 24.4. The summed E-state index contributed by atoms with van der Waals surface area (Å²) in [6.45, 7) is 0. The second kappa shape index (κ2) is 4.54. The summed E-state index contributed by atoms with van der Waals surface area (Å²) in [5.41, 5.74) is 1.88. The van der Waals surface area contributed by atoms with E-state index >= 15 is 0 Å². The summed E-state index contributed by atoms with van der Waals surface area (Å²) in [6, 6.07) is 7.09. The lowest BCUT2D eigenvalue weighted by atomic mass is 10.2. The molecule has 0 bridgehead atoms. The zero-order chi connectivity index (χ0) is 12.3. The molecule has 0 atom stereocenters. The highest BCUT2D eigenvalue weighted by Gasteiger charge is 2.08. The summed E-state index contributed by atoms with van der Waals surface area (Å²) in [6.07, 6.45) is 0.540. The molecule has 0 fully saturated rings. The van der Waals surface area contributed by atoms with Crippen LogP contribution in [-0.2, 0) is 9.53 Å². The van der Waals surface area contributed by atoms with Crippen LogP contribution in [0.25, 0.3) is 10.9 Å². The Labute approximate surface area is 97.6 Å². The fourth-order valence-electron chi connectivity index (χ4n) is 1.54. The number of carbonyl (C=O) groups excluding carboxylic acids is 2. The van der Waals surface area contributed by atoms with Crippen LogP contribution in [0.3, 0.4) is 0 Å². The van der Waals surface area contributed by atoms with Crippen LogP contribution in [0.4, 0.5) is 0 Å². The summed E-state index contributed by atoms with van der Waals surface area (Å²) in [5, 5.41) is 0.891. The molecule has 1 aromatic heterocycles. The monoisotopic (exact) mass is 227 g/mol. The van der Waals surface area contributed by atoms with E-state index in [4.69, 9.17) is 0 Å². The number of hydrogen-bond donors (Lipinski definition) is 1. The number of fused-ring (bicyclic) bond motifs is 1. The van der Waals surface area contributed by atoms with Crippen LogP contribution >= 0.6 is 0 Å². The van der Waals surface area contributed by atoms with E-state index in [9.17, 15) is 9.59 Å². The van der Waals surface area contributed by atoms with Gasteiger partial charge in [-0.1, -0.05) is 12.0 Å². The smallest absolute Gasteiger partial charge is 0.354 e. The van der Waals surface area contributed by atoms with E-state index in [0.29, 0.717) is 17.5 Å². The van der Waals surface area contributed by atoms with Crippen LogP contribution in [0.15, 0.2) is 24.3 Å². The van der Waals surface area contributed by atoms with Crippen molar-refractivity contribution in [2.45, 2.75) is 0 Å². The molecule has 17 heavy (non-hydrogen) atoms. The molecule has 84 valence electrons. The SMILES string of the molecule is COC(=O)c1cc2ccc(C#CC=O)cc2[nH]1. The lowest BCUT2D eigenvalue weighted by Crippen LogP contribution is -2.00. The number of aromatic amines is 1. The van der Waals surface area contributed by atoms with Crippen LogP contribution in [0, 0.1) is 11.8 Å². The van der Waals surface area contributed by atoms with Gasteiger partial charge in [-0.3, -0.25) is 4.79 Å². The number of hydrogen-bond acceptors (Lipinski definition) is 3. The Morgan fingerprint density at radius 3 is 2.94 bits per heavy atom. The minimum Gasteiger partial charge on any atom is -0.464 e. The van der Waals surface area contributed by atoms with Crippen LogP contribution in [0.2, 0.25) is 0 Å². The van der Waals surface area contributed by atoms with Gasteiger partial charge >= 0.3 is 5.97 Å². The Morgan fingerprint density at radius 2 is 2.24 bits per heavy atom. The minimum absolute atomic E-state index is 0.392. The topological polar surface area (TPSA) is 59.2 Å². The Bertz CT molecular complexity index is 643. The molecule has 0 aliphatic carbocycles. The summed E-state index contributed by atoms with van der Waals surface area (Å²) in [7, 11) is 1.33. The second-order valence-corrected chi connectivity index (χ2v) is 3.36. The molecule has 1 aromatic carbocycles. The van der Waals surface area contributed by atoms with Crippen molar-refractivity contribution in [2.75, 3.05) is 7.11 Å². The molecule has 0 saturated heterocycles.